The molecule has 0 unspecified atom stereocenters. The van der Waals surface area contributed by atoms with Crippen LogP contribution in [0.4, 0.5) is 0 Å². The molecule has 6 nitrogen and oxygen atoms in total. The Bertz CT molecular complexity index is 778. The summed E-state index contributed by atoms with van der Waals surface area (Å²) in [5.41, 5.74) is 0. The van der Waals surface area contributed by atoms with Crippen LogP contribution in [-0.2, 0) is 11.3 Å². The molecule has 1 aliphatic carbocycles. The van der Waals surface area contributed by atoms with E-state index in [-0.39, 0.29) is 12.5 Å². The predicted molar refractivity (Wildman–Crippen MR) is 95.4 cm³/mol. The Morgan fingerprint density at radius 1 is 1.28 bits per heavy atom. The zero-order chi connectivity index (χ0) is 17.2. The van der Waals surface area contributed by atoms with Crippen molar-refractivity contribution < 1.29 is 9.21 Å². The maximum atomic E-state index is 12.7. The van der Waals surface area contributed by atoms with Crippen molar-refractivity contribution in [1.29, 1.82) is 0 Å². The topological polar surface area (TPSA) is 68.3 Å². The Hall–Kier alpha value is -1.89. The lowest BCUT2D eigenvalue weighted by Gasteiger charge is -2.44. The fourth-order valence-electron chi connectivity index (χ4n) is 4.23. The lowest BCUT2D eigenvalue weighted by molar-refractivity contribution is -0.137. The van der Waals surface area contributed by atoms with Crippen molar-refractivity contribution in [1.82, 2.24) is 14.7 Å². The molecular formula is C18H23N3O3S. The van der Waals surface area contributed by atoms with Gasteiger partial charge in [-0.1, -0.05) is 18.9 Å². The van der Waals surface area contributed by atoms with Gasteiger partial charge in [0.15, 0.2) is 0 Å². The summed E-state index contributed by atoms with van der Waals surface area (Å²) in [7, 11) is 0. The van der Waals surface area contributed by atoms with Gasteiger partial charge in [0.05, 0.1) is 11.4 Å². The molecule has 1 amide bonds. The molecule has 0 N–H and O–H groups in total. The van der Waals surface area contributed by atoms with Gasteiger partial charge in [-0.05, 0) is 43.0 Å². The van der Waals surface area contributed by atoms with E-state index in [1.54, 1.807) is 0 Å². The quantitative estimate of drug-likeness (QED) is 0.839. The van der Waals surface area contributed by atoms with Crippen LogP contribution in [0.2, 0.25) is 0 Å². The fourth-order valence-corrected chi connectivity index (χ4v) is 4.87. The molecule has 2 aromatic rings. The summed E-state index contributed by atoms with van der Waals surface area (Å²) in [6.45, 7) is 1.13. The van der Waals surface area contributed by atoms with Crippen LogP contribution < -0.4 is 5.76 Å². The molecule has 1 saturated heterocycles. The number of fused-ring (bicyclic) bond motifs is 1. The van der Waals surface area contributed by atoms with Crippen molar-refractivity contribution in [2.75, 3.05) is 6.54 Å². The molecule has 0 aromatic carbocycles. The van der Waals surface area contributed by atoms with E-state index in [1.807, 2.05) is 17.5 Å². The van der Waals surface area contributed by atoms with E-state index < -0.39 is 5.76 Å². The SMILES string of the molecule is O=C(CCn1nc(-c2cccs2)oc1=O)N1CCC[C@@H]2CCCC[C@@H]21. The van der Waals surface area contributed by atoms with Crippen molar-refractivity contribution >= 4 is 17.2 Å². The third-order valence-electron chi connectivity index (χ3n) is 5.44. The van der Waals surface area contributed by atoms with E-state index in [0.29, 0.717) is 24.3 Å². The number of aryl methyl sites for hydroxylation is 1. The second-order valence-electron chi connectivity index (χ2n) is 6.96. The fraction of sp³-hybridized carbons (Fsp3) is 0.611. The average molecular weight is 361 g/mol. The predicted octanol–water partition coefficient (Wildman–Crippen LogP) is 3.14. The first kappa shape index (κ1) is 16.6. The summed E-state index contributed by atoms with van der Waals surface area (Å²) < 4.78 is 6.48. The van der Waals surface area contributed by atoms with Crippen molar-refractivity contribution in [2.24, 2.45) is 5.92 Å². The van der Waals surface area contributed by atoms with Gasteiger partial charge >= 0.3 is 5.76 Å². The summed E-state index contributed by atoms with van der Waals surface area (Å²) in [5, 5.41) is 6.14. The Kier molecular flexibility index (Phi) is 4.74. The average Bonchev–Trinajstić information content (AvgIpc) is 3.29. The zero-order valence-corrected chi connectivity index (χ0v) is 15.0. The molecule has 0 bridgehead atoms. The summed E-state index contributed by atoms with van der Waals surface area (Å²) in [6.07, 6.45) is 7.55. The van der Waals surface area contributed by atoms with E-state index in [9.17, 15) is 9.59 Å². The third kappa shape index (κ3) is 3.42. The summed E-state index contributed by atoms with van der Waals surface area (Å²) in [6, 6.07) is 4.16. The van der Waals surface area contributed by atoms with Crippen LogP contribution in [-0.4, -0.2) is 33.2 Å². The normalized spacial score (nSPS) is 23.4. The smallest absolute Gasteiger partial charge is 0.387 e. The number of thiophene rings is 1. The maximum Gasteiger partial charge on any atom is 0.437 e. The highest BCUT2D eigenvalue weighted by atomic mass is 32.1. The number of hydrogen-bond acceptors (Lipinski definition) is 5. The van der Waals surface area contributed by atoms with Crippen molar-refractivity contribution in [3.8, 4) is 10.8 Å². The van der Waals surface area contributed by atoms with E-state index in [2.05, 4.69) is 10.00 Å². The minimum Gasteiger partial charge on any atom is -0.387 e. The molecule has 25 heavy (non-hydrogen) atoms. The molecule has 2 fully saturated rings. The van der Waals surface area contributed by atoms with Gasteiger partial charge in [0.1, 0.15) is 0 Å². The van der Waals surface area contributed by atoms with E-state index in [1.165, 1.54) is 41.7 Å². The number of carbonyl (C=O) groups excluding carboxylic acids is 1. The standard InChI is InChI=1S/C18H23N3O3S/c22-16(20-10-3-6-13-5-1-2-7-14(13)20)9-11-21-18(23)24-17(19-21)15-8-4-12-25-15/h4,8,12-14H,1-3,5-7,9-11H2/t13-,14-/m0/s1. The van der Waals surface area contributed by atoms with Gasteiger partial charge in [-0.25, -0.2) is 4.79 Å². The highest BCUT2D eigenvalue weighted by Gasteiger charge is 2.35. The Morgan fingerprint density at radius 2 is 2.12 bits per heavy atom. The van der Waals surface area contributed by atoms with Crippen molar-refractivity contribution in [2.45, 2.75) is 57.5 Å². The zero-order valence-electron chi connectivity index (χ0n) is 14.2. The minimum absolute atomic E-state index is 0.143. The number of nitrogens with zero attached hydrogens (tertiary/aromatic N) is 3. The molecule has 1 saturated carbocycles. The maximum absolute atomic E-state index is 12.7. The van der Waals surface area contributed by atoms with Crippen molar-refractivity contribution in [3.05, 3.63) is 28.1 Å². The number of carbonyl (C=O) groups is 1. The molecule has 4 rings (SSSR count). The molecule has 2 aromatic heterocycles. The second-order valence-corrected chi connectivity index (χ2v) is 7.91. The van der Waals surface area contributed by atoms with Gasteiger partial charge in [-0.15, -0.1) is 16.4 Å². The van der Waals surface area contributed by atoms with Gasteiger partial charge < -0.3 is 9.32 Å². The van der Waals surface area contributed by atoms with E-state index in [0.717, 1.165) is 24.3 Å². The first-order valence-electron chi connectivity index (χ1n) is 9.13. The summed E-state index contributed by atoms with van der Waals surface area (Å²) >= 11 is 1.47. The number of likely N-dealkylation sites (tertiary alicyclic amines) is 1. The van der Waals surface area contributed by atoms with Crippen LogP contribution in [0.15, 0.2) is 26.7 Å². The van der Waals surface area contributed by atoms with Gasteiger partial charge in [0.2, 0.25) is 5.91 Å². The lowest BCUT2D eigenvalue weighted by atomic mass is 9.78. The Balaban J connectivity index is 1.41. The van der Waals surface area contributed by atoms with Gasteiger partial charge in [0.25, 0.3) is 5.89 Å². The summed E-state index contributed by atoms with van der Waals surface area (Å²) in [4.78, 5) is 27.6. The first-order chi connectivity index (χ1) is 12.2. The number of amides is 1. The number of rotatable bonds is 4. The number of hydrogen-bond donors (Lipinski definition) is 0. The number of piperidine rings is 1. The van der Waals surface area contributed by atoms with Crippen LogP contribution in [0.25, 0.3) is 10.8 Å². The molecule has 7 heteroatoms. The van der Waals surface area contributed by atoms with Crippen LogP contribution in [0.1, 0.15) is 44.9 Å². The van der Waals surface area contributed by atoms with Gasteiger partial charge in [-0.3, -0.25) is 4.79 Å². The van der Waals surface area contributed by atoms with E-state index in [4.69, 9.17) is 4.42 Å². The second kappa shape index (κ2) is 7.15. The van der Waals surface area contributed by atoms with E-state index >= 15 is 0 Å². The molecule has 1 aliphatic heterocycles. The molecule has 134 valence electrons. The molecular weight excluding hydrogens is 338 g/mol. The monoisotopic (exact) mass is 361 g/mol. The largest absolute Gasteiger partial charge is 0.437 e. The number of aromatic nitrogens is 2. The Morgan fingerprint density at radius 3 is 2.96 bits per heavy atom. The molecule has 2 atom stereocenters. The molecule has 2 aliphatic rings. The molecule has 3 heterocycles. The molecule has 0 spiro atoms. The van der Waals surface area contributed by atoms with Gasteiger partial charge in [-0.2, -0.15) is 4.68 Å². The van der Waals surface area contributed by atoms with Crippen LogP contribution >= 0.6 is 11.3 Å². The highest BCUT2D eigenvalue weighted by molar-refractivity contribution is 7.13. The molecule has 0 radical (unpaired) electrons. The van der Waals surface area contributed by atoms with Crippen LogP contribution in [0, 0.1) is 5.92 Å². The lowest BCUT2D eigenvalue weighted by Crippen LogP contribution is -2.49. The van der Waals surface area contributed by atoms with Gasteiger partial charge in [0, 0.05) is 19.0 Å². The highest BCUT2D eigenvalue weighted by Crippen LogP contribution is 2.35. The van der Waals surface area contributed by atoms with Crippen LogP contribution in [0.5, 0.6) is 0 Å². The minimum atomic E-state index is -0.495. The van der Waals surface area contributed by atoms with Crippen molar-refractivity contribution in [3.63, 3.8) is 0 Å². The summed E-state index contributed by atoms with van der Waals surface area (Å²) in [5.74, 6) is 0.652. The van der Waals surface area contributed by atoms with Crippen LogP contribution in [0.3, 0.4) is 0 Å². The third-order valence-corrected chi connectivity index (χ3v) is 6.30. The first-order valence-corrected chi connectivity index (χ1v) is 10.0. The Labute approximate surface area is 150 Å².